The summed E-state index contributed by atoms with van der Waals surface area (Å²) in [6, 6.07) is 7.57. The van der Waals surface area contributed by atoms with Crippen molar-refractivity contribution in [1.82, 2.24) is 10.2 Å². The van der Waals surface area contributed by atoms with Gasteiger partial charge in [-0.3, -0.25) is 9.59 Å². The van der Waals surface area contributed by atoms with Gasteiger partial charge >= 0.3 is 0 Å². The average Bonchev–Trinajstić information content (AvgIpc) is 3.15. The van der Waals surface area contributed by atoms with E-state index in [1.807, 2.05) is 32.0 Å². The van der Waals surface area contributed by atoms with Gasteiger partial charge in [0, 0.05) is 30.5 Å². The summed E-state index contributed by atoms with van der Waals surface area (Å²) in [5.74, 6) is 1.09. The fourth-order valence-electron chi connectivity index (χ4n) is 3.57. The third-order valence-electron chi connectivity index (χ3n) is 4.89. The molecule has 1 aromatic carbocycles. The molecule has 0 saturated carbocycles. The molecule has 2 aliphatic rings. The normalized spacial score (nSPS) is 22.4. The standard InChI is InChI=1S/C18H24N2O3/c1-3-15(20-10-6-9-17(20)21)18(22)19-12(2)14-11-23-16-8-5-4-7-13(14)16/h4-5,7-8,12,14-15H,3,6,9-11H2,1-2H3,(H,19,22). The molecule has 0 bridgehead atoms. The van der Waals surface area contributed by atoms with Crippen molar-refractivity contribution >= 4 is 11.8 Å². The Bertz CT molecular complexity index is 602. The maximum atomic E-state index is 12.6. The van der Waals surface area contributed by atoms with Crippen LogP contribution in [0.5, 0.6) is 5.75 Å². The van der Waals surface area contributed by atoms with E-state index in [1.54, 1.807) is 4.90 Å². The van der Waals surface area contributed by atoms with Crippen molar-refractivity contribution < 1.29 is 14.3 Å². The molecule has 0 radical (unpaired) electrons. The average molecular weight is 316 g/mol. The minimum atomic E-state index is -0.356. The molecular formula is C18H24N2O3. The fraction of sp³-hybridized carbons (Fsp3) is 0.556. The molecule has 124 valence electrons. The number of para-hydroxylation sites is 1. The number of carbonyl (C=O) groups excluding carboxylic acids is 2. The highest BCUT2D eigenvalue weighted by Crippen LogP contribution is 2.35. The van der Waals surface area contributed by atoms with E-state index in [9.17, 15) is 9.59 Å². The zero-order chi connectivity index (χ0) is 16.4. The Morgan fingerprint density at radius 3 is 2.91 bits per heavy atom. The number of hydrogen-bond acceptors (Lipinski definition) is 3. The lowest BCUT2D eigenvalue weighted by atomic mass is 9.94. The summed E-state index contributed by atoms with van der Waals surface area (Å²) >= 11 is 0. The number of likely N-dealkylation sites (tertiary alicyclic amines) is 1. The van der Waals surface area contributed by atoms with Crippen molar-refractivity contribution in [3.05, 3.63) is 29.8 Å². The van der Waals surface area contributed by atoms with Crippen LogP contribution in [0.1, 0.15) is 44.6 Å². The van der Waals surface area contributed by atoms with Gasteiger partial charge in [0.15, 0.2) is 0 Å². The second-order valence-corrected chi connectivity index (χ2v) is 6.37. The summed E-state index contributed by atoms with van der Waals surface area (Å²) < 4.78 is 5.70. The number of carbonyl (C=O) groups is 2. The monoisotopic (exact) mass is 316 g/mol. The van der Waals surface area contributed by atoms with Gasteiger partial charge in [-0.1, -0.05) is 25.1 Å². The molecule has 5 heteroatoms. The number of rotatable bonds is 5. The third kappa shape index (κ3) is 3.05. The molecule has 5 nitrogen and oxygen atoms in total. The molecule has 1 aromatic rings. The summed E-state index contributed by atoms with van der Waals surface area (Å²) in [6.07, 6.45) is 2.05. The minimum absolute atomic E-state index is 0.0297. The number of fused-ring (bicyclic) bond motifs is 1. The highest BCUT2D eigenvalue weighted by molar-refractivity contribution is 5.88. The van der Waals surface area contributed by atoms with Crippen LogP contribution in [0.15, 0.2) is 24.3 Å². The molecule has 0 spiro atoms. The third-order valence-corrected chi connectivity index (χ3v) is 4.89. The Morgan fingerprint density at radius 2 is 2.22 bits per heavy atom. The Hall–Kier alpha value is -2.04. The Balaban J connectivity index is 1.66. The number of nitrogens with zero attached hydrogens (tertiary/aromatic N) is 1. The molecule has 2 aliphatic heterocycles. The lowest BCUT2D eigenvalue weighted by Gasteiger charge is -2.28. The van der Waals surface area contributed by atoms with Crippen LogP contribution in [-0.4, -0.2) is 41.9 Å². The highest BCUT2D eigenvalue weighted by atomic mass is 16.5. The van der Waals surface area contributed by atoms with E-state index in [1.165, 1.54) is 0 Å². The van der Waals surface area contributed by atoms with Crippen LogP contribution >= 0.6 is 0 Å². The van der Waals surface area contributed by atoms with Crippen LogP contribution in [0.3, 0.4) is 0 Å². The van der Waals surface area contributed by atoms with Gasteiger partial charge in [-0.2, -0.15) is 0 Å². The van der Waals surface area contributed by atoms with Crippen molar-refractivity contribution in [2.24, 2.45) is 0 Å². The summed E-state index contributed by atoms with van der Waals surface area (Å²) in [7, 11) is 0. The van der Waals surface area contributed by atoms with Gasteiger partial charge in [0.25, 0.3) is 0 Å². The molecule has 3 unspecified atom stereocenters. The number of hydrogen-bond donors (Lipinski definition) is 1. The van der Waals surface area contributed by atoms with E-state index < -0.39 is 0 Å². The molecule has 2 heterocycles. The molecule has 3 rings (SSSR count). The van der Waals surface area contributed by atoms with Gasteiger partial charge in [-0.25, -0.2) is 0 Å². The van der Waals surface area contributed by atoms with E-state index in [0.29, 0.717) is 26.0 Å². The van der Waals surface area contributed by atoms with Gasteiger partial charge in [0.1, 0.15) is 11.8 Å². The molecular weight excluding hydrogens is 292 g/mol. The second-order valence-electron chi connectivity index (χ2n) is 6.37. The first-order valence-corrected chi connectivity index (χ1v) is 8.43. The van der Waals surface area contributed by atoms with E-state index in [2.05, 4.69) is 11.4 Å². The fourth-order valence-corrected chi connectivity index (χ4v) is 3.57. The smallest absolute Gasteiger partial charge is 0.243 e. The van der Waals surface area contributed by atoms with E-state index in [0.717, 1.165) is 17.7 Å². The van der Waals surface area contributed by atoms with Crippen LogP contribution in [-0.2, 0) is 9.59 Å². The van der Waals surface area contributed by atoms with Crippen LogP contribution in [0, 0.1) is 0 Å². The Labute approximate surface area is 137 Å². The molecule has 2 amide bonds. The SMILES string of the molecule is CCC(C(=O)NC(C)C1COc2ccccc21)N1CCCC1=O. The maximum absolute atomic E-state index is 12.6. The van der Waals surface area contributed by atoms with Crippen molar-refractivity contribution in [2.45, 2.75) is 51.1 Å². The summed E-state index contributed by atoms with van der Waals surface area (Å²) in [5, 5.41) is 3.10. The molecule has 1 saturated heterocycles. The zero-order valence-electron chi connectivity index (χ0n) is 13.7. The van der Waals surface area contributed by atoms with Crippen molar-refractivity contribution in [3.63, 3.8) is 0 Å². The van der Waals surface area contributed by atoms with Crippen molar-refractivity contribution in [2.75, 3.05) is 13.2 Å². The van der Waals surface area contributed by atoms with Gasteiger partial charge in [-0.05, 0) is 25.8 Å². The summed E-state index contributed by atoms with van der Waals surface area (Å²) in [4.78, 5) is 26.3. The van der Waals surface area contributed by atoms with E-state index in [-0.39, 0.29) is 29.8 Å². The van der Waals surface area contributed by atoms with Crippen molar-refractivity contribution in [3.8, 4) is 5.75 Å². The molecule has 23 heavy (non-hydrogen) atoms. The topological polar surface area (TPSA) is 58.6 Å². The summed E-state index contributed by atoms with van der Waals surface area (Å²) in [5.41, 5.74) is 1.14. The van der Waals surface area contributed by atoms with Gasteiger partial charge < -0.3 is 15.0 Å². The Morgan fingerprint density at radius 1 is 1.43 bits per heavy atom. The number of benzene rings is 1. The molecule has 1 fully saturated rings. The predicted octanol–water partition coefficient (Wildman–Crippen LogP) is 2.07. The van der Waals surface area contributed by atoms with Crippen LogP contribution in [0.2, 0.25) is 0 Å². The summed E-state index contributed by atoms with van der Waals surface area (Å²) in [6.45, 7) is 5.23. The van der Waals surface area contributed by atoms with Gasteiger partial charge in [0.05, 0.1) is 6.61 Å². The number of amides is 2. The molecule has 1 N–H and O–H groups in total. The van der Waals surface area contributed by atoms with Crippen LogP contribution < -0.4 is 10.1 Å². The second kappa shape index (κ2) is 6.60. The van der Waals surface area contributed by atoms with E-state index >= 15 is 0 Å². The van der Waals surface area contributed by atoms with Crippen LogP contribution in [0.25, 0.3) is 0 Å². The number of ether oxygens (including phenoxy) is 1. The van der Waals surface area contributed by atoms with E-state index in [4.69, 9.17) is 4.74 Å². The number of nitrogens with one attached hydrogen (secondary N) is 1. The first-order chi connectivity index (χ1) is 11.1. The van der Waals surface area contributed by atoms with Crippen LogP contribution in [0.4, 0.5) is 0 Å². The highest BCUT2D eigenvalue weighted by Gasteiger charge is 2.34. The maximum Gasteiger partial charge on any atom is 0.243 e. The lowest BCUT2D eigenvalue weighted by Crippen LogP contribution is -2.50. The van der Waals surface area contributed by atoms with Gasteiger partial charge in [-0.15, -0.1) is 0 Å². The van der Waals surface area contributed by atoms with Gasteiger partial charge in [0.2, 0.25) is 11.8 Å². The molecule has 0 aromatic heterocycles. The molecule has 0 aliphatic carbocycles. The Kier molecular flexibility index (Phi) is 4.55. The van der Waals surface area contributed by atoms with Crippen molar-refractivity contribution in [1.29, 1.82) is 0 Å². The quantitative estimate of drug-likeness (QED) is 0.905. The predicted molar refractivity (Wildman–Crippen MR) is 87.3 cm³/mol. The lowest BCUT2D eigenvalue weighted by molar-refractivity contribution is -0.137. The minimum Gasteiger partial charge on any atom is -0.493 e. The first kappa shape index (κ1) is 15.8. The first-order valence-electron chi connectivity index (χ1n) is 8.43. The molecule has 3 atom stereocenters. The largest absolute Gasteiger partial charge is 0.493 e. The zero-order valence-corrected chi connectivity index (χ0v) is 13.7.